The Hall–Kier alpha value is -2.51. The topological polar surface area (TPSA) is 87.3 Å². The number of nitrogens with one attached hydrogen (secondary N) is 3. The SMILES string of the molecule is CNC(=O)C(NC(=O)CCNC(=O)C12CC3CC(CC(C3)C1)C2)c1ccc(F)c(F)c1. The molecule has 168 valence electrons. The van der Waals surface area contributed by atoms with Crippen molar-refractivity contribution in [1.29, 1.82) is 0 Å². The lowest BCUT2D eigenvalue weighted by atomic mass is 9.49. The summed E-state index contributed by atoms with van der Waals surface area (Å²) in [4.78, 5) is 37.6. The second-order valence-electron chi connectivity index (χ2n) is 9.49. The van der Waals surface area contributed by atoms with E-state index in [0.29, 0.717) is 17.8 Å². The molecule has 1 aromatic carbocycles. The summed E-state index contributed by atoms with van der Waals surface area (Å²) in [6.07, 6.45) is 6.60. The minimum Gasteiger partial charge on any atom is -0.357 e. The molecule has 6 nitrogen and oxygen atoms in total. The zero-order chi connectivity index (χ0) is 22.2. The molecule has 0 spiro atoms. The average molecular weight is 433 g/mol. The molecule has 4 bridgehead atoms. The second-order valence-corrected chi connectivity index (χ2v) is 9.49. The van der Waals surface area contributed by atoms with Crippen LogP contribution in [0.3, 0.4) is 0 Å². The van der Waals surface area contributed by atoms with Crippen molar-refractivity contribution < 1.29 is 23.2 Å². The van der Waals surface area contributed by atoms with Crippen molar-refractivity contribution in [2.24, 2.45) is 23.2 Å². The summed E-state index contributed by atoms with van der Waals surface area (Å²) in [7, 11) is 1.40. The van der Waals surface area contributed by atoms with Crippen molar-refractivity contribution in [1.82, 2.24) is 16.0 Å². The van der Waals surface area contributed by atoms with Crippen molar-refractivity contribution in [2.45, 2.75) is 51.0 Å². The van der Waals surface area contributed by atoms with E-state index >= 15 is 0 Å². The number of carbonyl (C=O) groups excluding carboxylic acids is 3. The molecule has 5 rings (SSSR count). The van der Waals surface area contributed by atoms with Gasteiger partial charge in [0.15, 0.2) is 11.6 Å². The van der Waals surface area contributed by atoms with Gasteiger partial charge in [0, 0.05) is 25.4 Å². The quantitative estimate of drug-likeness (QED) is 0.618. The predicted octanol–water partition coefficient (Wildman–Crippen LogP) is 2.59. The molecule has 4 fully saturated rings. The Morgan fingerprint density at radius 3 is 2.19 bits per heavy atom. The third-order valence-electron chi connectivity index (χ3n) is 7.25. The maximum Gasteiger partial charge on any atom is 0.246 e. The van der Waals surface area contributed by atoms with Gasteiger partial charge < -0.3 is 16.0 Å². The number of halogens is 2. The molecule has 1 aromatic rings. The predicted molar refractivity (Wildman–Crippen MR) is 110 cm³/mol. The summed E-state index contributed by atoms with van der Waals surface area (Å²) in [5.74, 6) is -1.11. The number of amides is 3. The lowest BCUT2D eigenvalue weighted by Gasteiger charge is -2.55. The molecule has 0 radical (unpaired) electrons. The zero-order valence-electron chi connectivity index (χ0n) is 17.7. The van der Waals surface area contributed by atoms with Gasteiger partial charge in [-0.3, -0.25) is 14.4 Å². The normalized spacial score (nSPS) is 29.3. The third kappa shape index (κ3) is 4.43. The van der Waals surface area contributed by atoms with E-state index in [0.717, 1.165) is 31.4 Å². The number of hydrogen-bond donors (Lipinski definition) is 3. The van der Waals surface area contributed by atoms with Crippen LogP contribution in [0.25, 0.3) is 0 Å². The van der Waals surface area contributed by atoms with Crippen molar-refractivity contribution in [3.8, 4) is 0 Å². The number of carbonyl (C=O) groups is 3. The van der Waals surface area contributed by atoms with E-state index < -0.39 is 29.5 Å². The highest BCUT2D eigenvalue weighted by Crippen LogP contribution is 2.60. The minimum atomic E-state index is -1.15. The first-order chi connectivity index (χ1) is 14.8. The molecule has 3 N–H and O–H groups in total. The summed E-state index contributed by atoms with van der Waals surface area (Å²) < 4.78 is 26.8. The first kappa shape index (κ1) is 21.7. The maximum absolute atomic E-state index is 13.6. The monoisotopic (exact) mass is 433 g/mol. The molecule has 0 aromatic heterocycles. The van der Waals surface area contributed by atoms with Crippen molar-refractivity contribution >= 4 is 17.7 Å². The van der Waals surface area contributed by atoms with Crippen LogP contribution in [0.5, 0.6) is 0 Å². The Morgan fingerprint density at radius 1 is 1.03 bits per heavy atom. The summed E-state index contributed by atoms with van der Waals surface area (Å²) >= 11 is 0. The smallest absolute Gasteiger partial charge is 0.246 e. The number of hydrogen-bond acceptors (Lipinski definition) is 3. The molecule has 0 heterocycles. The Labute approximate surface area is 180 Å². The van der Waals surface area contributed by atoms with E-state index in [-0.39, 0.29) is 29.9 Å². The van der Waals surface area contributed by atoms with Crippen molar-refractivity contribution in [3.05, 3.63) is 35.4 Å². The number of benzene rings is 1. The minimum absolute atomic E-state index is 0.00469. The van der Waals surface area contributed by atoms with Crippen LogP contribution in [0.1, 0.15) is 56.6 Å². The number of likely N-dealkylation sites (N-methyl/N-ethyl adjacent to an activating group) is 1. The molecule has 4 aliphatic rings. The Bertz CT molecular complexity index is 854. The van der Waals surface area contributed by atoms with E-state index in [1.807, 2.05) is 0 Å². The molecular formula is C23H29F2N3O3. The highest BCUT2D eigenvalue weighted by molar-refractivity contribution is 5.89. The lowest BCUT2D eigenvalue weighted by Crippen LogP contribution is -2.53. The third-order valence-corrected chi connectivity index (χ3v) is 7.25. The molecule has 3 amide bonds. The fourth-order valence-corrected chi connectivity index (χ4v) is 6.24. The second kappa shape index (κ2) is 8.55. The first-order valence-corrected chi connectivity index (χ1v) is 11.0. The van der Waals surface area contributed by atoms with Crippen molar-refractivity contribution in [2.75, 3.05) is 13.6 Å². The van der Waals surface area contributed by atoms with Crippen LogP contribution in [0.15, 0.2) is 18.2 Å². The zero-order valence-corrected chi connectivity index (χ0v) is 17.7. The van der Waals surface area contributed by atoms with Gasteiger partial charge in [-0.1, -0.05) is 6.07 Å². The molecule has 0 saturated heterocycles. The summed E-state index contributed by atoms with van der Waals surface area (Å²) in [5, 5.41) is 7.89. The van der Waals surface area contributed by atoms with Crippen LogP contribution in [0, 0.1) is 34.8 Å². The summed E-state index contributed by atoms with van der Waals surface area (Å²) in [6, 6.07) is 1.92. The Balaban J connectivity index is 1.32. The lowest BCUT2D eigenvalue weighted by molar-refractivity contribution is -0.146. The van der Waals surface area contributed by atoms with Crippen LogP contribution in [0.2, 0.25) is 0 Å². The standard InChI is InChI=1S/C23H29F2N3O3/c1-26-21(30)20(16-2-3-17(24)18(25)9-16)28-19(29)4-5-27-22(31)23-10-13-6-14(11-23)8-15(7-13)12-23/h2-3,9,13-15,20H,4-8,10-12H2,1H3,(H,26,30)(H,27,31)(H,28,29). The van der Waals surface area contributed by atoms with E-state index in [1.165, 1.54) is 32.4 Å². The molecule has 1 atom stereocenters. The van der Waals surface area contributed by atoms with Crippen LogP contribution >= 0.6 is 0 Å². The van der Waals surface area contributed by atoms with Crippen LogP contribution < -0.4 is 16.0 Å². The van der Waals surface area contributed by atoms with E-state index in [9.17, 15) is 23.2 Å². The molecule has 31 heavy (non-hydrogen) atoms. The summed E-state index contributed by atoms with van der Waals surface area (Å²) in [6.45, 7) is 0.171. The molecular weight excluding hydrogens is 404 g/mol. The maximum atomic E-state index is 13.6. The Kier molecular flexibility index (Phi) is 5.99. The molecule has 0 aliphatic heterocycles. The van der Waals surface area contributed by atoms with Crippen LogP contribution in [-0.2, 0) is 14.4 Å². The molecule has 4 aliphatic carbocycles. The van der Waals surface area contributed by atoms with Gasteiger partial charge in [-0.25, -0.2) is 8.78 Å². The van der Waals surface area contributed by atoms with Crippen molar-refractivity contribution in [3.63, 3.8) is 0 Å². The largest absolute Gasteiger partial charge is 0.357 e. The van der Waals surface area contributed by atoms with E-state index in [1.54, 1.807) is 0 Å². The average Bonchev–Trinajstić information content (AvgIpc) is 2.72. The molecule has 4 saturated carbocycles. The van der Waals surface area contributed by atoms with Crippen LogP contribution in [-0.4, -0.2) is 31.3 Å². The molecule has 1 unspecified atom stereocenters. The fraction of sp³-hybridized carbons (Fsp3) is 0.609. The van der Waals surface area contributed by atoms with Gasteiger partial charge in [-0.2, -0.15) is 0 Å². The number of rotatable bonds is 7. The highest BCUT2D eigenvalue weighted by Gasteiger charge is 2.54. The van der Waals surface area contributed by atoms with Gasteiger partial charge in [-0.05, 0) is 74.0 Å². The summed E-state index contributed by atoms with van der Waals surface area (Å²) in [5.41, 5.74) is -0.134. The van der Waals surface area contributed by atoms with Gasteiger partial charge in [0.2, 0.25) is 17.7 Å². The van der Waals surface area contributed by atoms with Gasteiger partial charge in [0.25, 0.3) is 0 Å². The van der Waals surface area contributed by atoms with Gasteiger partial charge in [-0.15, -0.1) is 0 Å². The highest BCUT2D eigenvalue weighted by atomic mass is 19.2. The molecule has 8 heteroatoms. The van der Waals surface area contributed by atoms with Gasteiger partial charge in [0.1, 0.15) is 6.04 Å². The van der Waals surface area contributed by atoms with Gasteiger partial charge >= 0.3 is 0 Å². The first-order valence-electron chi connectivity index (χ1n) is 11.0. The van der Waals surface area contributed by atoms with Crippen LogP contribution in [0.4, 0.5) is 8.78 Å². The van der Waals surface area contributed by atoms with Gasteiger partial charge in [0.05, 0.1) is 0 Å². The Morgan fingerprint density at radius 2 is 1.65 bits per heavy atom. The fourth-order valence-electron chi connectivity index (χ4n) is 6.24. The van der Waals surface area contributed by atoms with E-state index in [4.69, 9.17) is 0 Å². The van der Waals surface area contributed by atoms with E-state index in [2.05, 4.69) is 16.0 Å².